The first-order valence-electron chi connectivity index (χ1n) is 27.0. The average molecular weight is 924 g/mol. The van der Waals surface area contributed by atoms with Gasteiger partial charge in [-0.2, -0.15) is 0 Å². The molecular formula is C58H101NO7. The number of nitrogens with zero attached hydrogens (tertiary/aromatic N) is 1. The van der Waals surface area contributed by atoms with Gasteiger partial charge >= 0.3 is 11.9 Å². The third-order valence-corrected chi connectivity index (χ3v) is 11.8. The summed E-state index contributed by atoms with van der Waals surface area (Å²) >= 11 is 0. The van der Waals surface area contributed by atoms with Crippen molar-refractivity contribution in [3.05, 3.63) is 72.9 Å². The fourth-order valence-corrected chi connectivity index (χ4v) is 7.68. The van der Waals surface area contributed by atoms with Crippen LogP contribution in [0.5, 0.6) is 0 Å². The van der Waals surface area contributed by atoms with Crippen molar-refractivity contribution in [2.45, 2.75) is 238 Å². The molecule has 0 aliphatic carbocycles. The lowest BCUT2D eigenvalue weighted by Crippen LogP contribution is -2.55. The van der Waals surface area contributed by atoms with E-state index in [1.165, 1.54) is 116 Å². The zero-order valence-corrected chi connectivity index (χ0v) is 43.3. The predicted molar refractivity (Wildman–Crippen MR) is 277 cm³/mol. The Bertz CT molecular complexity index is 1310. The van der Waals surface area contributed by atoms with Crippen molar-refractivity contribution >= 4 is 17.9 Å². The monoisotopic (exact) mass is 924 g/mol. The second kappa shape index (κ2) is 48.2. The lowest BCUT2D eigenvalue weighted by molar-refractivity contribution is -0.889. The summed E-state index contributed by atoms with van der Waals surface area (Å²) in [4.78, 5) is 37.1. The first-order valence-corrected chi connectivity index (χ1v) is 27.0. The number of unbranched alkanes of at least 4 members (excludes halogenated alkanes) is 22. The van der Waals surface area contributed by atoms with Gasteiger partial charge in [-0.05, 0) is 83.5 Å². The normalized spacial score (nSPS) is 13.4. The number of carbonyl (C=O) groups is 3. The van der Waals surface area contributed by atoms with Crippen molar-refractivity contribution in [1.82, 2.24) is 0 Å². The molecule has 0 saturated heterocycles. The van der Waals surface area contributed by atoms with Crippen LogP contribution in [0, 0.1) is 0 Å². The van der Waals surface area contributed by atoms with Gasteiger partial charge in [0.25, 0.3) is 0 Å². The largest absolute Gasteiger partial charge is 0.544 e. The molecule has 0 N–H and O–H groups in total. The molecular weight excluding hydrogens is 823 g/mol. The Hall–Kier alpha value is -3.23. The molecule has 0 fully saturated rings. The quantitative estimate of drug-likeness (QED) is 0.0259. The highest BCUT2D eigenvalue weighted by Crippen LogP contribution is 2.15. The number of ether oxygens (including phenoxy) is 3. The molecule has 2 unspecified atom stereocenters. The Kier molecular flexibility index (Phi) is 45.9. The summed E-state index contributed by atoms with van der Waals surface area (Å²) in [5.74, 6) is -1.78. The summed E-state index contributed by atoms with van der Waals surface area (Å²) in [5, 5.41) is 11.7. The van der Waals surface area contributed by atoms with E-state index in [0.29, 0.717) is 12.8 Å². The first kappa shape index (κ1) is 62.8. The summed E-state index contributed by atoms with van der Waals surface area (Å²) in [6.45, 7) is 4.53. The van der Waals surface area contributed by atoms with Crippen molar-refractivity contribution in [1.29, 1.82) is 0 Å². The van der Waals surface area contributed by atoms with Gasteiger partial charge in [-0.1, -0.05) is 196 Å². The zero-order chi connectivity index (χ0) is 48.4. The van der Waals surface area contributed by atoms with E-state index in [4.69, 9.17) is 14.2 Å². The highest BCUT2D eigenvalue weighted by Gasteiger charge is 2.25. The second-order valence-corrected chi connectivity index (χ2v) is 19.1. The van der Waals surface area contributed by atoms with Crippen molar-refractivity contribution < 1.29 is 38.2 Å². The Balaban J connectivity index is 4.27. The Morgan fingerprint density at radius 3 is 1.29 bits per heavy atom. The van der Waals surface area contributed by atoms with Crippen LogP contribution in [0.1, 0.15) is 226 Å². The predicted octanol–water partition coefficient (Wildman–Crippen LogP) is 14.5. The molecule has 0 bridgehead atoms. The molecule has 0 aromatic heterocycles. The lowest BCUT2D eigenvalue weighted by Gasteiger charge is -2.34. The summed E-state index contributed by atoms with van der Waals surface area (Å²) in [6, 6.07) is -0.736. The number of hydrogen-bond acceptors (Lipinski definition) is 7. The van der Waals surface area contributed by atoms with E-state index in [2.05, 4.69) is 86.8 Å². The smallest absolute Gasteiger partial charge is 0.306 e. The van der Waals surface area contributed by atoms with E-state index < -0.39 is 18.1 Å². The Morgan fingerprint density at radius 1 is 0.470 bits per heavy atom. The van der Waals surface area contributed by atoms with Gasteiger partial charge in [0, 0.05) is 19.3 Å². The number of carboxylic acid groups (broad SMARTS) is 1. The van der Waals surface area contributed by atoms with Crippen LogP contribution in [0.3, 0.4) is 0 Å². The maximum atomic E-state index is 12.8. The first-order chi connectivity index (χ1) is 32.1. The summed E-state index contributed by atoms with van der Waals surface area (Å²) in [7, 11) is 5.40. The van der Waals surface area contributed by atoms with Crippen LogP contribution < -0.4 is 5.11 Å². The number of likely N-dealkylation sites (N-methyl/N-ethyl adjacent to an activating group) is 1. The van der Waals surface area contributed by atoms with Crippen molar-refractivity contribution in [2.75, 3.05) is 41.0 Å². The molecule has 8 heteroatoms. The minimum atomic E-state index is -1.13. The molecule has 8 nitrogen and oxygen atoms in total. The van der Waals surface area contributed by atoms with Crippen LogP contribution in [-0.2, 0) is 28.6 Å². The molecule has 0 amide bonds. The van der Waals surface area contributed by atoms with Crippen molar-refractivity contribution in [3.8, 4) is 0 Å². The number of allylic oxidation sites excluding steroid dienone is 12. The SMILES string of the molecule is CC/C=C/C/C=C/C/C=C/C/C=C/C/C=C/CCCCCC(=O)OCC(COCCC(C(=O)[O-])[N+](C)(C)C)OC(=O)CCCCCCCCC/C=C/CCCCCCCCCCCCCC. The molecule has 0 spiro atoms. The molecule has 0 aromatic carbocycles. The Morgan fingerprint density at radius 2 is 0.848 bits per heavy atom. The van der Waals surface area contributed by atoms with Crippen LogP contribution >= 0.6 is 0 Å². The summed E-state index contributed by atoms with van der Waals surface area (Å²) in [6.07, 6.45) is 62.3. The van der Waals surface area contributed by atoms with Gasteiger partial charge in [0.1, 0.15) is 12.6 Å². The molecule has 0 aromatic rings. The number of hydrogen-bond donors (Lipinski definition) is 0. The van der Waals surface area contributed by atoms with Crippen LogP contribution in [-0.4, -0.2) is 75.5 Å². The molecule has 0 radical (unpaired) electrons. The third kappa shape index (κ3) is 45.9. The highest BCUT2D eigenvalue weighted by molar-refractivity contribution is 5.70. The van der Waals surface area contributed by atoms with Gasteiger partial charge in [0.15, 0.2) is 6.10 Å². The fourth-order valence-electron chi connectivity index (χ4n) is 7.68. The van der Waals surface area contributed by atoms with Crippen LogP contribution in [0.2, 0.25) is 0 Å². The fraction of sp³-hybridized carbons (Fsp3) is 0.741. The molecule has 0 rings (SSSR count). The Labute approximate surface area is 406 Å². The van der Waals surface area contributed by atoms with E-state index >= 15 is 0 Å². The number of carboxylic acids is 1. The van der Waals surface area contributed by atoms with Gasteiger partial charge in [-0.3, -0.25) is 9.59 Å². The molecule has 0 saturated carbocycles. The second-order valence-electron chi connectivity index (χ2n) is 19.1. The molecule has 0 aliphatic heterocycles. The maximum absolute atomic E-state index is 12.8. The summed E-state index contributed by atoms with van der Waals surface area (Å²) < 4.78 is 17.2. The van der Waals surface area contributed by atoms with E-state index in [1.54, 1.807) is 21.1 Å². The van der Waals surface area contributed by atoms with Crippen LogP contribution in [0.4, 0.5) is 0 Å². The molecule has 0 heterocycles. The zero-order valence-electron chi connectivity index (χ0n) is 43.3. The van der Waals surface area contributed by atoms with Gasteiger partial charge in [0.05, 0.1) is 40.3 Å². The minimum Gasteiger partial charge on any atom is -0.544 e. The number of carbonyl (C=O) groups excluding carboxylic acids is 3. The summed E-state index contributed by atoms with van der Waals surface area (Å²) in [5.41, 5.74) is 0. The van der Waals surface area contributed by atoms with E-state index in [9.17, 15) is 19.5 Å². The average Bonchev–Trinajstić information content (AvgIpc) is 3.28. The number of quaternary nitrogens is 1. The standard InChI is InChI=1S/C58H101NO7/c1-6-8-10-12-14-16-18-20-22-24-26-27-28-29-31-33-35-37-39-41-43-45-47-49-57(61)66-54(52-64-51-50-55(58(62)63)59(3,4)5)53-65-56(60)48-46-44-42-40-38-36-34-32-30-25-23-21-19-17-15-13-11-9-7-2/h9,11,15,17,21,23,29-32,36,38,54-55H,6-8,10,12-14,16,18-20,22,24-28,33-35,37,39-53H2,1-5H3/b11-9+,17-15+,23-21+,31-29+,32-30+,38-36+. The molecule has 2 atom stereocenters. The maximum Gasteiger partial charge on any atom is 0.306 e. The molecule has 380 valence electrons. The number of aliphatic carboxylic acids is 1. The van der Waals surface area contributed by atoms with Gasteiger partial charge < -0.3 is 28.6 Å². The topological polar surface area (TPSA) is 102 Å². The van der Waals surface area contributed by atoms with E-state index in [1.807, 2.05) is 0 Å². The molecule has 66 heavy (non-hydrogen) atoms. The third-order valence-electron chi connectivity index (χ3n) is 11.8. The van der Waals surface area contributed by atoms with E-state index in [-0.39, 0.29) is 42.7 Å². The molecule has 0 aliphatic rings. The number of esters is 2. The number of rotatable bonds is 48. The van der Waals surface area contributed by atoms with Crippen molar-refractivity contribution in [2.24, 2.45) is 0 Å². The van der Waals surface area contributed by atoms with Crippen LogP contribution in [0.25, 0.3) is 0 Å². The lowest BCUT2D eigenvalue weighted by atomic mass is 10.0. The van der Waals surface area contributed by atoms with Gasteiger partial charge in [-0.15, -0.1) is 0 Å². The van der Waals surface area contributed by atoms with Gasteiger partial charge in [-0.25, -0.2) is 0 Å². The minimum absolute atomic E-state index is 0.0256. The van der Waals surface area contributed by atoms with Crippen LogP contribution in [0.15, 0.2) is 72.9 Å². The highest BCUT2D eigenvalue weighted by atomic mass is 16.6. The van der Waals surface area contributed by atoms with Gasteiger partial charge in [0.2, 0.25) is 0 Å². The van der Waals surface area contributed by atoms with E-state index in [0.717, 1.165) is 77.0 Å². The van der Waals surface area contributed by atoms with Crippen molar-refractivity contribution in [3.63, 3.8) is 0 Å².